The van der Waals surface area contributed by atoms with Crippen molar-refractivity contribution in [3.8, 4) is 5.75 Å². The third-order valence-electron chi connectivity index (χ3n) is 3.36. The van der Waals surface area contributed by atoms with Crippen molar-refractivity contribution in [2.45, 2.75) is 32.6 Å². The number of methoxy groups -OCH3 is 1. The topological polar surface area (TPSA) is 52.4 Å². The van der Waals surface area contributed by atoms with E-state index in [-0.39, 0.29) is 5.69 Å². The zero-order valence-corrected chi connectivity index (χ0v) is 10.7. The van der Waals surface area contributed by atoms with Gasteiger partial charge < -0.3 is 4.74 Å². The van der Waals surface area contributed by atoms with Crippen molar-refractivity contribution in [1.29, 1.82) is 0 Å². The molecule has 1 aliphatic carbocycles. The second-order valence-corrected chi connectivity index (χ2v) is 4.57. The molecule has 0 heterocycles. The van der Waals surface area contributed by atoms with Crippen LogP contribution in [0.4, 0.5) is 5.69 Å². The van der Waals surface area contributed by atoms with Crippen molar-refractivity contribution in [2.75, 3.05) is 7.11 Å². The molecule has 0 bridgehead atoms. The SMILES string of the molecule is COc1cc(C2=CCCCC2)c(C)cc1[N+](=O)[O-]. The molecular formula is C14H17NO3. The maximum atomic E-state index is 10.9. The van der Waals surface area contributed by atoms with Crippen LogP contribution in [0, 0.1) is 17.0 Å². The molecule has 0 amide bonds. The molecule has 1 aromatic rings. The fourth-order valence-electron chi connectivity index (χ4n) is 2.41. The van der Waals surface area contributed by atoms with Crippen LogP contribution in [0.5, 0.6) is 5.75 Å². The molecule has 0 unspecified atom stereocenters. The van der Waals surface area contributed by atoms with Gasteiger partial charge in [0.25, 0.3) is 0 Å². The fourth-order valence-corrected chi connectivity index (χ4v) is 2.41. The summed E-state index contributed by atoms with van der Waals surface area (Å²) in [7, 11) is 1.47. The molecule has 96 valence electrons. The Kier molecular flexibility index (Phi) is 3.65. The number of ether oxygens (including phenoxy) is 1. The molecule has 0 saturated carbocycles. The first kappa shape index (κ1) is 12.6. The minimum atomic E-state index is -0.398. The first-order valence-electron chi connectivity index (χ1n) is 6.16. The summed E-state index contributed by atoms with van der Waals surface area (Å²) >= 11 is 0. The minimum absolute atomic E-state index is 0.0372. The number of benzene rings is 1. The molecular weight excluding hydrogens is 230 g/mol. The van der Waals surface area contributed by atoms with Gasteiger partial charge in [-0.15, -0.1) is 0 Å². The molecule has 0 saturated heterocycles. The van der Waals surface area contributed by atoms with Crippen LogP contribution in [0.2, 0.25) is 0 Å². The lowest BCUT2D eigenvalue weighted by Gasteiger charge is -2.16. The van der Waals surface area contributed by atoms with E-state index in [0.717, 1.165) is 24.0 Å². The normalized spacial score (nSPS) is 15.1. The Labute approximate surface area is 106 Å². The van der Waals surface area contributed by atoms with Crippen molar-refractivity contribution in [3.63, 3.8) is 0 Å². The summed E-state index contributed by atoms with van der Waals surface area (Å²) in [6.07, 6.45) is 6.78. The Hall–Kier alpha value is -1.84. The van der Waals surface area contributed by atoms with Gasteiger partial charge in [-0.25, -0.2) is 0 Å². The zero-order chi connectivity index (χ0) is 13.1. The highest BCUT2D eigenvalue weighted by molar-refractivity contribution is 5.72. The number of allylic oxidation sites excluding steroid dienone is 2. The van der Waals surface area contributed by atoms with E-state index in [1.165, 1.54) is 25.5 Å². The summed E-state index contributed by atoms with van der Waals surface area (Å²) in [6.45, 7) is 1.91. The lowest BCUT2D eigenvalue weighted by molar-refractivity contribution is -0.385. The van der Waals surface area contributed by atoms with Crippen molar-refractivity contribution in [1.82, 2.24) is 0 Å². The number of rotatable bonds is 3. The van der Waals surface area contributed by atoms with Crippen LogP contribution < -0.4 is 4.74 Å². The van der Waals surface area contributed by atoms with Crippen LogP contribution in [0.15, 0.2) is 18.2 Å². The molecule has 0 spiro atoms. The van der Waals surface area contributed by atoms with Crippen LogP contribution in [0.1, 0.15) is 36.8 Å². The van der Waals surface area contributed by atoms with Crippen LogP contribution >= 0.6 is 0 Å². The summed E-state index contributed by atoms with van der Waals surface area (Å²) < 4.78 is 5.12. The standard InChI is InChI=1S/C14H17NO3/c1-10-8-13(15(16)17)14(18-2)9-12(10)11-6-4-3-5-7-11/h6,8-9H,3-5,7H2,1-2H3. The van der Waals surface area contributed by atoms with Crippen molar-refractivity contribution in [3.05, 3.63) is 39.4 Å². The molecule has 0 aromatic heterocycles. The van der Waals surface area contributed by atoms with E-state index < -0.39 is 4.92 Å². The number of nitrogens with zero attached hydrogens (tertiary/aromatic N) is 1. The third-order valence-corrected chi connectivity index (χ3v) is 3.36. The third kappa shape index (κ3) is 2.37. The molecule has 0 radical (unpaired) electrons. The predicted octanol–water partition coefficient (Wildman–Crippen LogP) is 3.87. The Morgan fingerprint density at radius 2 is 2.11 bits per heavy atom. The average Bonchev–Trinajstić information content (AvgIpc) is 2.39. The van der Waals surface area contributed by atoms with Gasteiger partial charge in [-0.05, 0) is 55.4 Å². The molecule has 0 atom stereocenters. The number of aryl methyl sites for hydroxylation is 1. The summed E-state index contributed by atoms with van der Waals surface area (Å²) in [6, 6.07) is 3.40. The molecule has 1 aliphatic rings. The van der Waals surface area contributed by atoms with Gasteiger partial charge in [0.05, 0.1) is 12.0 Å². The highest BCUT2D eigenvalue weighted by atomic mass is 16.6. The summed E-state index contributed by atoms with van der Waals surface area (Å²) in [4.78, 5) is 10.5. The van der Waals surface area contributed by atoms with Crippen molar-refractivity contribution < 1.29 is 9.66 Å². The maximum Gasteiger partial charge on any atom is 0.311 e. The largest absolute Gasteiger partial charge is 0.490 e. The van der Waals surface area contributed by atoms with Gasteiger partial charge in [-0.1, -0.05) is 6.08 Å². The summed E-state index contributed by atoms with van der Waals surface area (Å²) in [5, 5.41) is 10.9. The van der Waals surface area contributed by atoms with Gasteiger partial charge in [-0.2, -0.15) is 0 Å². The maximum absolute atomic E-state index is 10.9. The Balaban J connectivity index is 2.49. The molecule has 2 rings (SSSR count). The first-order chi connectivity index (χ1) is 8.63. The molecule has 0 aliphatic heterocycles. The molecule has 4 nitrogen and oxygen atoms in total. The van der Waals surface area contributed by atoms with Crippen LogP contribution in [0.25, 0.3) is 5.57 Å². The van der Waals surface area contributed by atoms with E-state index >= 15 is 0 Å². The van der Waals surface area contributed by atoms with E-state index in [2.05, 4.69) is 6.08 Å². The van der Waals surface area contributed by atoms with Gasteiger partial charge in [0.15, 0.2) is 5.75 Å². The number of nitro groups is 1. The Bertz CT molecular complexity index is 506. The van der Waals surface area contributed by atoms with Crippen molar-refractivity contribution >= 4 is 11.3 Å². The van der Waals surface area contributed by atoms with Crippen molar-refractivity contribution in [2.24, 2.45) is 0 Å². The van der Waals surface area contributed by atoms with Crippen LogP contribution in [-0.4, -0.2) is 12.0 Å². The van der Waals surface area contributed by atoms with Gasteiger partial charge >= 0.3 is 5.69 Å². The Morgan fingerprint density at radius 3 is 2.67 bits per heavy atom. The van der Waals surface area contributed by atoms with E-state index in [9.17, 15) is 10.1 Å². The summed E-state index contributed by atoms with van der Waals surface area (Å²) in [5.74, 6) is 0.340. The molecule has 0 fully saturated rings. The van der Waals surface area contributed by atoms with E-state index in [1.54, 1.807) is 12.1 Å². The highest BCUT2D eigenvalue weighted by Crippen LogP contribution is 2.36. The Morgan fingerprint density at radius 1 is 1.33 bits per heavy atom. The van der Waals surface area contributed by atoms with Gasteiger partial charge in [0, 0.05) is 6.07 Å². The van der Waals surface area contributed by atoms with Gasteiger partial charge in [0.2, 0.25) is 0 Å². The molecule has 18 heavy (non-hydrogen) atoms. The lowest BCUT2D eigenvalue weighted by Crippen LogP contribution is -1.99. The quantitative estimate of drug-likeness (QED) is 0.601. The fraction of sp³-hybridized carbons (Fsp3) is 0.429. The second-order valence-electron chi connectivity index (χ2n) is 4.57. The van der Waals surface area contributed by atoms with E-state index in [1.807, 2.05) is 6.92 Å². The van der Waals surface area contributed by atoms with E-state index in [4.69, 9.17) is 4.74 Å². The van der Waals surface area contributed by atoms with E-state index in [0.29, 0.717) is 5.75 Å². The molecule has 4 heteroatoms. The molecule has 1 aromatic carbocycles. The highest BCUT2D eigenvalue weighted by Gasteiger charge is 2.19. The first-order valence-corrected chi connectivity index (χ1v) is 6.16. The predicted molar refractivity (Wildman–Crippen MR) is 70.8 cm³/mol. The number of hydrogen-bond donors (Lipinski definition) is 0. The lowest BCUT2D eigenvalue weighted by atomic mass is 9.91. The minimum Gasteiger partial charge on any atom is -0.490 e. The van der Waals surface area contributed by atoms with Crippen LogP contribution in [0.3, 0.4) is 0 Å². The monoisotopic (exact) mass is 247 g/mol. The van der Waals surface area contributed by atoms with Gasteiger partial charge in [-0.3, -0.25) is 10.1 Å². The second kappa shape index (κ2) is 5.21. The zero-order valence-electron chi connectivity index (χ0n) is 10.7. The van der Waals surface area contributed by atoms with Crippen LogP contribution in [-0.2, 0) is 0 Å². The smallest absolute Gasteiger partial charge is 0.311 e. The summed E-state index contributed by atoms with van der Waals surface area (Å²) in [5.41, 5.74) is 3.34. The molecule has 0 N–H and O–H groups in total. The average molecular weight is 247 g/mol. The van der Waals surface area contributed by atoms with Gasteiger partial charge in [0.1, 0.15) is 0 Å². The number of nitro benzene ring substituents is 1. The number of hydrogen-bond acceptors (Lipinski definition) is 3.